The number of rotatable bonds is 7. The van der Waals surface area contributed by atoms with Crippen LogP contribution in [0.25, 0.3) is 0 Å². The second-order valence-corrected chi connectivity index (χ2v) is 9.16. The van der Waals surface area contributed by atoms with Crippen LogP contribution in [0.1, 0.15) is 11.8 Å². The zero-order valence-electron chi connectivity index (χ0n) is 17.5. The monoisotopic (exact) mass is 482 g/mol. The lowest BCUT2D eigenvalue weighted by molar-refractivity contribution is -0.169. The Bertz CT molecular complexity index is 994. The number of esters is 1. The summed E-state index contributed by atoms with van der Waals surface area (Å²) in [6.45, 7) is 0.921. The highest BCUT2D eigenvalue weighted by Gasteiger charge is 2.68. The molecule has 172 valence electrons. The van der Waals surface area contributed by atoms with Crippen LogP contribution < -0.4 is 10.6 Å². The van der Waals surface area contributed by atoms with Gasteiger partial charge in [0.2, 0.25) is 11.6 Å². The molecule has 1 aromatic rings. The quantitative estimate of drug-likeness (QED) is 0.284. The summed E-state index contributed by atoms with van der Waals surface area (Å²) in [6, 6.07) is 2.94. The number of carboxylic acids is 1. The maximum absolute atomic E-state index is 13.4. The Morgan fingerprint density at radius 2 is 2.09 bits per heavy atom. The standard InChI is InChI=1S/C19H22N4O7S2/c1-10(24)30-8-11-9-32-17-19(22(3)18(29)20-2,16(28)23(17)14(11)15(26)27)21-13(25)7-12-5-4-6-31-12/h4-6,17H,7-9H2,1-3H3,(H,20,29)(H,21,25)(H,26,27)/t17-,19?/m1/s1. The van der Waals surface area contributed by atoms with E-state index in [-0.39, 0.29) is 30.1 Å². The lowest BCUT2D eigenvalue weighted by atomic mass is 9.93. The van der Waals surface area contributed by atoms with Gasteiger partial charge >= 0.3 is 18.0 Å². The summed E-state index contributed by atoms with van der Waals surface area (Å²) in [6.07, 6.45) is 0.00496. The van der Waals surface area contributed by atoms with Crippen LogP contribution in [0.3, 0.4) is 0 Å². The predicted molar refractivity (Wildman–Crippen MR) is 116 cm³/mol. The van der Waals surface area contributed by atoms with Gasteiger partial charge in [0.25, 0.3) is 5.91 Å². The van der Waals surface area contributed by atoms with Crippen LogP contribution in [0.15, 0.2) is 28.8 Å². The third kappa shape index (κ3) is 4.05. The van der Waals surface area contributed by atoms with Crippen molar-refractivity contribution >= 4 is 52.9 Å². The lowest BCUT2D eigenvalue weighted by Gasteiger charge is -2.59. The van der Waals surface area contributed by atoms with E-state index in [9.17, 15) is 29.1 Å². The van der Waals surface area contributed by atoms with E-state index in [4.69, 9.17) is 4.74 Å². The van der Waals surface area contributed by atoms with Gasteiger partial charge in [0.15, 0.2) is 0 Å². The molecule has 0 radical (unpaired) electrons. The highest BCUT2D eigenvalue weighted by Crippen LogP contribution is 2.47. The number of fused-ring (bicyclic) bond motifs is 1. The molecule has 2 atom stereocenters. The number of β-lactam (4-membered cyclic amide) rings is 1. The molecule has 1 saturated heterocycles. The Balaban J connectivity index is 1.95. The Labute approximate surface area is 191 Å². The summed E-state index contributed by atoms with van der Waals surface area (Å²) >= 11 is 2.55. The van der Waals surface area contributed by atoms with Gasteiger partial charge in [-0.2, -0.15) is 0 Å². The van der Waals surface area contributed by atoms with Gasteiger partial charge < -0.3 is 20.5 Å². The molecule has 11 nitrogen and oxygen atoms in total. The number of nitrogens with one attached hydrogen (secondary N) is 2. The van der Waals surface area contributed by atoms with E-state index in [0.29, 0.717) is 0 Å². The fourth-order valence-corrected chi connectivity index (χ4v) is 5.76. The maximum atomic E-state index is 13.4. The van der Waals surface area contributed by atoms with E-state index in [1.165, 1.54) is 44.1 Å². The second-order valence-electron chi connectivity index (χ2n) is 7.06. The van der Waals surface area contributed by atoms with Gasteiger partial charge in [0.1, 0.15) is 17.7 Å². The average molecular weight is 483 g/mol. The van der Waals surface area contributed by atoms with E-state index < -0.39 is 40.8 Å². The number of carbonyl (C=O) groups excluding carboxylic acids is 4. The first-order chi connectivity index (χ1) is 15.1. The molecule has 0 aromatic carbocycles. The molecule has 2 aliphatic heterocycles. The fourth-order valence-electron chi connectivity index (χ4n) is 3.57. The number of hydrogen-bond donors (Lipinski definition) is 3. The Morgan fingerprint density at radius 3 is 2.66 bits per heavy atom. The number of aliphatic carboxylic acids is 1. The number of thioether (sulfide) groups is 1. The minimum absolute atomic E-state index is 0.00496. The van der Waals surface area contributed by atoms with Crippen LogP contribution in [0.5, 0.6) is 0 Å². The van der Waals surface area contributed by atoms with Gasteiger partial charge in [-0.3, -0.25) is 24.2 Å². The topological polar surface area (TPSA) is 145 Å². The van der Waals surface area contributed by atoms with Gasteiger partial charge in [-0.15, -0.1) is 23.1 Å². The summed E-state index contributed by atoms with van der Waals surface area (Å²) in [4.78, 5) is 64.6. The molecule has 3 rings (SSSR count). The normalized spacial score (nSPS) is 21.9. The highest BCUT2D eigenvalue weighted by molar-refractivity contribution is 8.00. The second kappa shape index (κ2) is 9.20. The van der Waals surface area contributed by atoms with Crippen LogP contribution in [0.4, 0.5) is 4.79 Å². The molecule has 0 aliphatic carbocycles. The molecule has 1 unspecified atom stereocenters. The van der Waals surface area contributed by atoms with E-state index in [1.54, 1.807) is 12.1 Å². The highest BCUT2D eigenvalue weighted by atomic mass is 32.2. The van der Waals surface area contributed by atoms with Crippen LogP contribution in [-0.2, 0) is 30.3 Å². The molecule has 13 heteroatoms. The van der Waals surface area contributed by atoms with E-state index in [1.807, 2.05) is 5.38 Å². The van der Waals surface area contributed by atoms with Crippen molar-refractivity contribution in [2.75, 3.05) is 26.5 Å². The first kappa shape index (κ1) is 23.6. The number of carboxylic acid groups (broad SMARTS) is 1. The number of urea groups is 1. The maximum Gasteiger partial charge on any atom is 0.352 e. The third-order valence-electron chi connectivity index (χ3n) is 5.07. The van der Waals surface area contributed by atoms with Gasteiger partial charge in [-0.25, -0.2) is 9.59 Å². The molecule has 1 fully saturated rings. The van der Waals surface area contributed by atoms with Crippen LogP contribution in [0.2, 0.25) is 0 Å². The van der Waals surface area contributed by atoms with Crippen molar-refractivity contribution < 1.29 is 33.8 Å². The number of thiophene rings is 1. The zero-order chi connectivity index (χ0) is 23.6. The molecule has 0 spiro atoms. The number of amides is 4. The largest absolute Gasteiger partial charge is 0.477 e. The minimum atomic E-state index is -1.77. The molecule has 0 saturated carbocycles. The SMILES string of the molecule is CNC(=O)N(C)C1(NC(=O)Cc2cccs2)C(=O)N2C(C(=O)O)=C(COC(C)=O)CS[C@@H]21. The Kier molecular flexibility index (Phi) is 6.79. The number of likely N-dealkylation sites (N-methyl/N-ethyl adjacent to an activating group) is 1. The van der Waals surface area contributed by atoms with Crippen molar-refractivity contribution in [3.8, 4) is 0 Å². The first-order valence-corrected chi connectivity index (χ1v) is 11.4. The average Bonchev–Trinajstić information content (AvgIpc) is 3.26. The Hall–Kier alpha value is -3.06. The van der Waals surface area contributed by atoms with E-state index >= 15 is 0 Å². The summed E-state index contributed by atoms with van der Waals surface area (Å²) < 4.78 is 4.93. The number of carbonyl (C=O) groups is 5. The number of nitrogens with zero attached hydrogens (tertiary/aromatic N) is 2. The summed E-state index contributed by atoms with van der Waals surface area (Å²) in [5.41, 5.74) is -1.83. The smallest absolute Gasteiger partial charge is 0.352 e. The predicted octanol–water partition coefficient (Wildman–Crippen LogP) is 0.191. The number of ether oxygens (including phenoxy) is 1. The number of hydrogen-bond acceptors (Lipinski definition) is 8. The van der Waals surface area contributed by atoms with Crippen molar-refractivity contribution in [1.29, 1.82) is 0 Å². The van der Waals surface area contributed by atoms with Crippen molar-refractivity contribution in [1.82, 2.24) is 20.4 Å². The summed E-state index contributed by atoms with van der Waals surface area (Å²) in [5.74, 6) is -3.07. The first-order valence-electron chi connectivity index (χ1n) is 9.46. The molecular formula is C19H22N4O7S2. The van der Waals surface area contributed by atoms with E-state index in [2.05, 4.69) is 10.6 Å². The molecule has 2 aliphatic rings. The van der Waals surface area contributed by atoms with Gasteiger partial charge in [-0.05, 0) is 11.4 Å². The fraction of sp³-hybridized carbons (Fsp3) is 0.421. The molecular weight excluding hydrogens is 460 g/mol. The summed E-state index contributed by atoms with van der Waals surface area (Å²) in [5, 5.41) is 15.8. The minimum Gasteiger partial charge on any atom is -0.477 e. The third-order valence-corrected chi connectivity index (χ3v) is 7.33. The van der Waals surface area contributed by atoms with Gasteiger partial charge in [0, 0.05) is 37.2 Å². The van der Waals surface area contributed by atoms with Crippen molar-refractivity contribution in [3.63, 3.8) is 0 Å². The molecule has 4 amide bonds. The molecule has 3 N–H and O–H groups in total. The lowest BCUT2D eigenvalue weighted by Crippen LogP contribution is -2.86. The van der Waals surface area contributed by atoms with Gasteiger partial charge in [0.05, 0.1) is 6.42 Å². The Morgan fingerprint density at radius 1 is 1.38 bits per heavy atom. The van der Waals surface area contributed by atoms with Crippen LogP contribution >= 0.6 is 23.1 Å². The zero-order valence-corrected chi connectivity index (χ0v) is 19.2. The molecule has 1 aromatic heterocycles. The van der Waals surface area contributed by atoms with Crippen molar-refractivity contribution in [3.05, 3.63) is 33.7 Å². The molecule has 0 bridgehead atoms. The van der Waals surface area contributed by atoms with Crippen molar-refractivity contribution in [2.24, 2.45) is 0 Å². The van der Waals surface area contributed by atoms with E-state index in [0.717, 1.165) is 14.7 Å². The van der Waals surface area contributed by atoms with Gasteiger partial charge in [-0.1, -0.05) is 6.07 Å². The van der Waals surface area contributed by atoms with Crippen LogP contribution in [-0.4, -0.2) is 82.2 Å². The summed E-state index contributed by atoms with van der Waals surface area (Å²) in [7, 11) is 2.74. The molecule has 3 heterocycles. The molecule has 32 heavy (non-hydrogen) atoms. The van der Waals surface area contributed by atoms with Crippen molar-refractivity contribution in [2.45, 2.75) is 24.4 Å². The van der Waals surface area contributed by atoms with Crippen LogP contribution in [0, 0.1) is 0 Å².